The van der Waals surface area contributed by atoms with E-state index in [4.69, 9.17) is 25.5 Å². The summed E-state index contributed by atoms with van der Waals surface area (Å²) in [5.41, 5.74) is 4.99. The molecular weight excluding hydrogens is 446 g/mol. The molecule has 2 aliphatic rings. The van der Waals surface area contributed by atoms with Crippen LogP contribution in [0.1, 0.15) is 18.1 Å². The number of aliphatic carboxylic acids is 2. The topological polar surface area (TPSA) is 183 Å². The molecule has 0 bridgehead atoms. The Morgan fingerprint density at radius 3 is 2.41 bits per heavy atom. The van der Waals surface area contributed by atoms with E-state index in [2.05, 4.69) is 52.7 Å². The van der Waals surface area contributed by atoms with Crippen LogP contribution < -0.4 is 5.32 Å². The largest absolute Gasteiger partial charge is 0.479 e. The van der Waals surface area contributed by atoms with Crippen LogP contribution in [-0.4, -0.2) is 97.8 Å². The monoisotopic (exact) mass is 475 g/mol. The number of aromatic amines is 1. The third kappa shape index (κ3) is 5.12. The van der Waals surface area contributed by atoms with Crippen LogP contribution >= 0.6 is 0 Å². The van der Waals surface area contributed by atoms with E-state index in [1.807, 2.05) is 6.92 Å². The molecule has 2 aromatic rings. The van der Waals surface area contributed by atoms with E-state index in [-0.39, 0.29) is 24.5 Å². The van der Waals surface area contributed by atoms with Crippen molar-refractivity contribution >= 4 is 34.3 Å². The molecule has 4 rings (SSSR count). The van der Waals surface area contributed by atoms with E-state index in [1.165, 1.54) is 22.1 Å². The van der Waals surface area contributed by atoms with Crippen LogP contribution in [0.15, 0.2) is 30.5 Å². The van der Waals surface area contributed by atoms with Crippen LogP contribution in [0.5, 0.6) is 0 Å². The maximum Gasteiger partial charge on any atom is 0.335 e. The van der Waals surface area contributed by atoms with Gasteiger partial charge in [-0.3, -0.25) is 9.69 Å². The van der Waals surface area contributed by atoms with Gasteiger partial charge in [0.15, 0.2) is 12.2 Å². The predicted octanol–water partition coefficient (Wildman–Crippen LogP) is -0.588. The minimum atomic E-state index is -2.27. The number of nitrogens with zero attached hydrogens (tertiary/aromatic N) is 1. The molecule has 0 unspecified atom stereocenters. The van der Waals surface area contributed by atoms with Crippen molar-refractivity contribution < 1.29 is 39.9 Å². The van der Waals surface area contributed by atoms with Crippen LogP contribution in [0.2, 0.25) is 0 Å². The second kappa shape index (κ2) is 10.3. The molecule has 7 N–H and O–H groups in total. The Bertz CT molecular complexity index is 1090. The summed E-state index contributed by atoms with van der Waals surface area (Å²) < 4.78 is 0. The SMILES string of the molecule is C[C@@H](CO)NC(=O)[C@H]1C=C2c3cccc4[nH]cc(c34)C[C@H]2N(C)C1.O=C(O)[C@H](O)[C@@H](O)C(=O)O. The van der Waals surface area contributed by atoms with Gasteiger partial charge in [-0.05, 0) is 43.2 Å². The molecule has 1 aromatic heterocycles. The molecule has 11 nitrogen and oxygen atoms in total. The summed E-state index contributed by atoms with van der Waals surface area (Å²) >= 11 is 0. The Balaban J connectivity index is 0.000000277. The van der Waals surface area contributed by atoms with Gasteiger partial charge in [-0.2, -0.15) is 0 Å². The van der Waals surface area contributed by atoms with E-state index < -0.39 is 24.1 Å². The zero-order chi connectivity index (χ0) is 25.2. The molecule has 1 amide bonds. The molecule has 34 heavy (non-hydrogen) atoms. The van der Waals surface area contributed by atoms with Gasteiger partial charge in [-0.1, -0.05) is 18.2 Å². The molecule has 2 heterocycles. The van der Waals surface area contributed by atoms with Crippen molar-refractivity contribution in [2.24, 2.45) is 5.92 Å². The van der Waals surface area contributed by atoms with Gasteiger partial charge in [0.2, 0.25) is 5.91 Å². The minimum absolute atomic E-state index is 0.0126. The van der Waals surface area contributed by atoms with Crippen LogP contribution in [0, 0.1) is 5.92 Å². The van der Waals surface area contributed by atoms with Crippen LogP contribution in [-0.2, 0) is 20.8 Å². The standard InChI is InChI=1S/C19H23N3O2.C4H6O6/c1-11(10-23)21-19(24)13-6-15-14-4-3-5-16-18(14)12(8-20-16)7-17(15)22(2)9-13;5-1(3(7)8)2(6)4(9)10/h3-6,8,11,13,17,20,23H,7,9-10H2,1-2H3,(H,21,24);1-2,5-6H,(H,7,8)(H,9,10)/t11-,13-,17+;1-,2-/m01/s1. The van der Waals surface area contributed by atoms with Gasteiger partial charge in [-0.15, -0.1) is 0 Å². The number of H-pyrrole nitrogens is 1. The zero-order valence-corrected chi connectivity index (χ0v) is 18.8. The number of benzene rings is 1. The van der Waals surface area contributed by atoms with Crippen molar-refractivity contribution in [3.63, 3.8) is 0 Å². The Labute approximate surface area is 195 Å². The molecular formula is C23H29N3O8. The first-order chi connectivity index (χ1) is 16.0. The van der Waals surface area contributed by atoms with E-state index >= 15 is 0 Å². The molecule has 0 fully saturated rings. The van der Waals surface area contributed by atoms with Crippen LogP contribution in [0.3, 0.4) is 0 Å². The van der Waals surface area contributed by atoms with Crippen molar-refractivity contribution in [3.8, 4) is 0 Å². The highest BCUT2D eigenvalue weighted by Gasteiger charge is 2.35. The Morgan fingerprint density at radius 1 is 1.18 bits per heavy atom. The number of carbonyl (C=O) groups is 3. The van der Waals surface area contributed by atoms with Gasteiger partial charge in [0.1, 0.15) is 0 Å². The lowest BCUT2D eigenvalue weighted by atomic mass is 9.80. The van der Waals surface area contributed by atoms with E-state index in [9.17, 15) is 14.4 Å². The minimum Gasteiger partial charge on any atom is -0.479 e. The molecule has 1 aliphatic carbocycles. The lowest BCUT2D eigenvalue weighted by Crippen LogP contribution is -2.48. The molecule has 0 spiro atoms. The summed E-state index contributed by atoms with van der Waals surface area (Å²) in [4.78, 5) is 37.7. The molecule has 0 saturated carbocycles. The third-order valence-corrected chi connectivity index (χ3v) is 6.07. The second-order valence-corrected chi connectivity index (χ2v) is 8.59. The van der Waals surface area contributed by atoms with E-state index in [0.717, 1.165) is 11.9 Å². The van der Waals surface area contributed by atoms with Gasteiger partial charge in [0, 0.05) is 35.7 Å². The summed E-state index contributed by atoms with van der Waals surface area (Å²) in [6.45, 7) is 2.47. The fourth-order valence-corrected chi connectivity index (χ4v) is 4.28. The normalized spacial score (nSPS) is 21.9. The summed E-state index contributed by atoms with van der Waals surface area (Å²) in [5, 5.41) is 45.9. The number of hydrogen-bond acceptors (Lipinski definition) is 7. The lowest BCUT2D eigenvalue weighted by Gasteiger charge is -2.39. The zero-order valence-electron chi connectivity index (χ0n) is 18.8. The Kier molecular flexibility index (Phi) is 7.72. The van der Waals surface area contributed by atoms with Gasteiger partial charge >= 0.3 is 11.9 Å². The highest BCUT2D eigenvalue weighted by atomic mass is 16.4. The number of aromatic nitrogens is 1. The van der Waals surface area contributed by atoms with E-state index in [0.29, 0.717) is 12.6 Å². The fraction of sp³-hybridized carbons (Fsp3) is 0.435. The summed E-state index contributed by atoms with van der Waals surface area (Å²) in [6, 6.07) is 6.42. The summed E-state index contributed by atoms with van der Waals surface area (Å²) in [6.07, 6.45) is 0.686. The molecule has 1 aliphatic heterocycles. The molecule has 5 atom stereocenters. The predicted molar refractivity (Wildman–Crippen MR) is 122 cm³/mol. The summed E-state index contributed by atoms with van der Waals surface area (Å²) in [7, 11) is 2.09. The maximum atomic E-state index is 12.5. The van der Waals surface area contributed by atoms with Crippen molar-refractivity contribution in [3.05, 3.63) is 41.6 Å². The fourth-order valence-electron chi connectivity index (χ4n) is 4.28. The van der Waals surface area contributed by atoms with Crippen molar-refractivity contribution in [1.82, 2.24) is 15.2 Å². The highest BCUT2D eigenvalue weighted by Crippen LogP contribution is 2.40. The molecule has 0 radical (unpaired) electrons. The van der Waals surface area contributed by atoms with Crippen molar-refractivity contribution in [2.75, 3.05) is 20.2 Å². The summed E-state index contributed by atoms with van der Waals surface area (Å²) in [5.74, 6) is -3.74. The number of aliphatic hydroxyl groups excluding tert-OH is 3. The quantitative estimate of drug-likeness (QED) is 0.287. The average Bonchev–Trinajstić information content (AvgIpc) is 3.23. The number of fused-ring (bicyclic) bond motifs is 2. The van der Waals surface area contributed by atoms with Gasteiger partial charge < -0.3 is 35.8 Å². The first-order valence-corrected chi connectivity index (χ1v) is 10.8. The smallest absolute Gasteiger partial charge is 0.335 e. The molecule has 11 heteroatoms. The lowest BCUT2D eigenvalue weighted by molar-refractivity contribution is -0.165. The number of carbonyl (C=O) groups excluding carboxylic acids is 1. The molecule has 1 aromatic carbocycles. The first-order valence-electron chi connectivity index (χ1n) is 10.8. The van der Waals surface area contributed by atoms with Gasteiger partial charge in [-0.25, -0.2) is 9.59 Å². The molecule has 0 saturated heterocycles. The number of likely N-dealkylation sites (N-methyl/N-ethyl adjacent to an activating group) is 1. The van der Waals surface area contributed by atoms with Gasteiger partial charge in [0.05, 0.1) is 12.5 Å². The highest BCUT2D eigenvalue weighted by molar-refractivity contribution is 5.99. The van der Waals surface area contributed by atoms with E-state index in [1.54, 1.807) is 0 Å². The van der Waals surface area contributed by atoms with Crippen LogP contribution in [0.4, 0.5) is 0 Å². The number of carboxylic acid groups (broad SMARTS) is 2. The Morgan fingerprint density at radius 2 is 1.82 bits per heavy atom. The number of carboxylic acids is 2. The number of amides is 1. The molecule has 184 valence electrons. The maximum absolute atomic E-state index is 12.5. The number of rotatable bonds is 6. The van der Waals surface area contributed by atoms with Crippen molar-refractivity contribution in [1.29, 1.82) is 0 Å². The number of nitrogens with one attached hydrogen (secondary N) is 2. The third-order valence-electron chi connectivity index (χ3n) is 6.07. The second-order valence-electron chi connectivity index (χ2n) is 8.59. The van der Waals surface area contributed by atoms with Crippen LogP contribution in [0.25, 0.3) is 16.5 Å². The number of aliphatic hydroxyl groups is 3. The van der Waals surface area contributed by atoms with Crippen molar-refractivity contribution in [2.45, 2.75) is 37.6 Å². The van der Waals surface area contributed by atoms with Gasteiger partial charge in [0.25, 0.3) is 0 Å². The first kappa shape index (κ1) is 25.4. The average molecular weight is 475 g/mol. The Hall–Kier alpha value is -3.25. The number of hydrogen-bond donors (Lipinski definition) is 7.